The number of aromatic nitrogens is 4. The summed E-state index contributed by atoms with van der Waals surface area (Å²) in [5.74, 6) is 1.51. The molecule has 0 aliphatic rings. The van der Waals surface area contributed by atoms with E-state index in [1.165, 1.54) is 0 Å². The number of Topliss-reactive ketones (excluding diaryl/α,β-unsaturated/α-hetero) is 1. The van der Waals surface area contributed by atoms with Crippen LogP contribution in [-0.4, -0.2) is 39.5 Å². The molecule has 0 amide bonds. The van der Waals surface area contributed by atoms with E-state index in [1.807, 2.05) is 31.4 Å². The Hall–Kier alpha value is -2.96. The molecule has 0 radical (unpaired) electrons. The van der Waals surface area contributed by atoms with Gasteiger partial charge in [-0.3, -0.25) is 9.78 Å². The Morgan fingerprint density at radius 3 is 2.58 bits per heavy atom. The smallest absolute Gasteiger partial charge is 0.215 e. The van der Waals surface area contributed by atoms with Gasteiger partial charge in [-0.25, -0.2) is 4.98 Å². The van der Waals surface area contributed by atoms with Crippen molar-refractivity contribution < 1.29 is 14.3 Å². The van der Waals surface area contributed by atoms with E-state index in [9.17, 15) is 4.79 Å². The van der Waals surface area contributed by atoms with Crippen LogP contribution >= 0.6 is 0 Å². The minimum absolute atomic E-state index is 0.106. The van der Waals surface area contributed by atoms with Gasteiger partial charge in [-0.15, -0.1) is 0 Å². The van der Waals surface area contributed by atoms with Gasteiger partial charge in [0.05, 0.1) is 31.9 Å². The number of hydrogen-bond donors (Lipinski definition) is 0. The fourth-order valence-corrected chi connectivity index (χ4v) is 3.12. The summed E-state index contributed by atoms with van der Waals surface area (Å²) in [6.07, 6.45) is 1.88. The molecule has 3 aromatic heterocycles. The van der Waals surface area contributed by atoms with Gasteiger partial charge in [-0.2, -0.15) is 4.98 Å². The summed E-state index contributed by atoms with van der Waals surface area (Å²) in [6, 6.07) is 3.63. The Bertz CT molecular complexity index is 979. The third-order valence-electron chi connectivity index (χ3n) is 4.44. The highest BCUT2D eigenvalue weighted by molar-refractivity contribution is 5.97. The van der Waals surface area contributed by atoms with Crippen molar-refractivity contribution in [3.63, 3.8) is 0 Å². The lowest BCUT2D eigenvalue weighted by atomic mass is 10.1. The van der Waals surface area contributed by atoms with Crippen molar-refractivity contribution in [3.05, 3.63) is 41.0 Å². The molecule has 136 valence electrons. The average Bonchev–Trinajstić information content (AvgIpc) is 3.02. The molecule has 7 nitrogen and oxygen atoms in total. The molecule has 3 heterocycles. The van der Waals surface area contributed by atoms with Gasteiger partial charge in [0, 0.05) is 29.9 Å². The van der Waals surface area contributed by atoms with E-state index in [0.717, 1.165) is 22.4 Å². The van der Waals surface area contributed by atoms with E-state index in [-0.39, 0.29) is 12.2 Å². The molecule has 7 heteroatoms. The fourth-order valence-electron chi connectivity index (χ4n) is 3.12. The van der Waals surface area contributed by atoms with Crippen LogP contribution in [0.1, 0.15) is 34.4 Å². The molecule has 3 aromatic rings. The van der Waals surface area contributed by atoms with Gasteiger partial charge in [0.1, 0.15) is 5.75 Å². The van der Waals surface area contributed by atoms with Gasteiger partial charge in [0.15, 0.2) is 11.5 Å². The van der Waals surface area contributed by atoms with Crippen LogP contribution in [0.5, 0.6) is 11.6 Å². The highest BCUT2D eigenvalue weighted by atomic mass is 16.5. The van der Waals surface area contributed by atoms with Crippen LogP contribution in [0.4, 0.5) is 0 Å². The summed E-state index contributed by atoms with van der Waals surface area (Å²) >= 11 is 0. The van der Waals surface area contributed by atoms with Crippen molar-refractivity contribution in [2.24, 2.45) is 0 Å². The van der Waals surface area contributed by atoms with Crippen molar-refractivity contribution in [2.45, 2.75) is 33.7 Å². The van der Waals surface area contributed by atoms with Crippen molar-refractivity contribution in [3.8, 4) is 11.6 Å². The number of carbonyl (C=O) groups excluding carboxylic acids is 1. The van der Waals surface area contributed by atoms with Crippen molar-refractivity contribution in [2.75, 3.05) is 14.2 Å². The number of carbonyl (C=O) groups is 1. The zero-order valence-corrected chi connectivity index (χ0v) is 15.7. The molecule has 0 N–H and O–H groups in total. The summed E-state index contributed by atoms with van der Waals surface area (Å²) < 4.78 is 12.4. The lowest BCUT2D eigenvalue weighted by Crippen LogP contribution is -2.14. The van der Waals surface area contributed by atoms with Crippen molar-refractivity contribution in [1.29, 1.82) is 0 Å². The normalized spacial score (nSPS) is 11.0. The van der Waals surface area contributed by atoms with Crippen LogP contribution < -0.4 is 9.47 Å². The quantitative estimate of drug-likeness (QED) is 0.633. The zero-order valence-electron chi connectivity index (χ0n) is 15.7. The number of pyridine rings is 2. The molecular formula is C19H22N4O3. The van der Waals surface area contributed by atoms with Crippen molar-refractivity contribution >= 4 is 16.9 Å². The molecular weight excluding hydrogens is 332 g/mol. The van der Waals surface area contributed by atoms with Crippen LogP contribution in [0, 0.1) is 13.8 Å². The van der Waals surface area contributed by atoms with Gasteiger partial charge in [0.2, 0.25) is 11.7 Å². The zero-order chi connectivity index (χ0) is 18.8. The maximum Gasteiger partial charge on any atom is 0.215 e. The molecule has 26 heavy (non-hydrogen) atoms. The van der Waals surface area contributed by atoms with Crippen LogP contribution in [-0.2, 0) is 13.0 Å². The Balaban J connectivity index is 2.00. The molecule has 0 aliphatic carbocycles. The van der Waals surface area contributed by atoms with E-state index >= 15 is 0 Å². The summed E-state index contributed by atoms with van der Waals surface area (Å²) in [7, 11) is 3.17. The highest BCUT2D eigenvalue weighted by Gasteiger charge is 2.20. The number of rotatable bonds is 6. The SMILES string of the molecule is CCn1c(C(=O)Cc2ncc(C)c(OC)c2C)nc2nc(OC)ccc21. The predicted octanol–water partition coefficient (Wildman–Crippen LogP) is 2.91. The van der Waals surface area contributed by atoms with Crippen LogP contribution in [0.3, 0.4) is 0 Å². The third-order valence-corrected chi connectivity index (χ3v) is 4.44. The third kappa shape index (κ3) is 3.00. The minimum atomic E-state index is -0.106. The molecule has 3 rings (SSSR count). The Morgan fingerprint density at radius 2 is 1.92 bits per heavy atom. The van der Waals surface area contributed by atoms with E-state index in [4.69, 9.17) is 9.47 Å². The first-order chi connectivity index (χ1) is 12.5. The van der Waals surface area contributed by atoms with E-state index in [0.29, 0.717) is 29.6 Å². The van der Waals surface area contributed by atoms with Gasteiger partial charge in [-0.05, 0) is 26.8 Å². The first-order valence-corrected chi connectivity index (χ1v) is 8.43. The van der Waals surface area contributed by atoms with Gasteiger partial charge in [-0.1, -0.05) is 0 Å². The molecule has 0 spiro atoms. The predicted molar refractivity (Wildman–Crippen MR) is 98.1 cm³/mol. The van der Waals surface area contributed by atoms with Crippen LogP contribution in [0.25, 0.3) is 11.2 Å². The fraction of sp³-hybridized carbons (Fsp3) is 0.368. The molecule has 0 atom stereocenters. The van der Waals surface area contributed by atoms with Gasteiger partial charge < -0.3 is 14.0 Å². The van der Waals surface area contributed by atoms with E-state index in [1.54, 1.807) is 26.5 Å². The topological polar surface area (TPSA) is 79.1 Å². The molecule has 0 fully saturated rings. The first-order valence-electron chi connectivity index (χ1n) is 8.43. The highest BCUT2D eigenvalue weighted by Crippen LogP contribution is 2.25. The van der Waals surface area contributed by atoms with E-state index in [2.05, 4.69) is 15.0 Å². The molecule has 0 saturated carbocycles. The standard InChI is InChI=1S/C19H22N4O3/c1-6-23-14-7-8-16(25-4)21-18(14)22-19(23)15(24)9-13-12(3)17(26-5)11(2)10-20-13/h7-8,10H,6,9H2,1-5H3. The van der Waals surface area contributed by atoms with Crippen molar-refractivity contribution in [1.82, 2.24) is 19.5 Å². The van der Waals surface area contributed by atoms with Crippen LogP contribution in [0.2, 0.25) is 0 Å². The van der Waals surface area contributed by atoms with Gasteiger partial charge in [0.25, 0.3) is 0 Å². The van der Waals surface area contributed by atoms with Gasteiger partial charge >= 0.3 is 0 Å². The molecule has 0 aromatic carbocycles. The Labute approximate surface area is 152 Å². The lowest BCUT2D eigenvalue weighted by Gasteiger charge is -2.12. The maximum atomic E-state index is 12.9. The second-order valence-corrected chi connectivity index (χ2v) is 6.02. The minimum Gasteiger partial charge on any atom is -0.496 e. The number of hydrogen-bond acceptors (Lipinski definition) is 6. The van der Waals surface area contributed by atoms with Crippen LogP contribution in [0.15, 0.2) is 18.3 Å². The Kier molecular flexibility index (Phi) is 4.88. The number of nitrogens with zero attached hydrogens (tertiary/aromatic N) is 4. The molecule has 0 unspecified atom stereocenters. The molecule has 0 bridgehead atoms. The number of aryl methyl sites for hydroxylation is 2. The van der Waals surface area contributed by atoms with E-state index < -0.39 is 0 Å². The largest absolute Gasteiger partial charge is 0.496 e. The summed E-state index contributed by atoms with van der Waals surface area (Å²) in [6.45, 7) is 6.44. The molecule has 0 aliphatic heterocycles. The molecule has 0 saturated heterocycles. The number of fused-ring (bicyclic) bond motifs is 1. The summed E-state index contributed by atoms with van der Waals surface area (Å²) in [5, 5.41) is 0. The summed E-state index contributed by atoms with van der Waals surface area (Å²) in [4.78, 5) is 26.1. The number of ether oxygens (including phenoxy) is 2. The first kappa shape index (κ1) is 17.8. The maximum absolute atomic E-state index is 12.9. The second kappa shape index (κ2) is 7.11. The Morgan fingerprint density at radius 1 is 1.15 bits per heavy atom. The lowest BCUT2D eigenvalue weighted by molar-refractivity contribution is 0.0978. The second-order valence-electron chi connectivity index (χ2n) is 6.02. The average molecular weight is 354 g/mol. The number of imidazole rings is 1. The number of methoxy groups -OCH3 is 2. The monoisotopic (exact) mass is 354 g/mol. The summed E-state index contributed by atoms with van der Waals surface area (Å²) in [5.41, 5.74) is 3.82. The number of ketones is 1.